The highest BCUT2D eigenvalue weighted by Crippen LogP contribution is 2.24. The SMILES string of the molecule is CCN1CCOC2CN(C(=O)c3ccn[nH]3)CCC2C1. The van der Waals surface area contributed by atoms with E-state index in [9.17, 15) is 4.79 Å². The van der Waals surface area contributed by atoms with Crippen LogP contribution < -0.4 is 0 Å². The number of carbonyl (C=O) groups is 1. The van der Waals surface area contributed by atoms with Crippen molar-refractivity contribution >= 4 is 5.91 Å². The molecule has 3 heterocycles. The summed E-state index contributed by atoms with van der Waals surface area (Å²) in [5.41, 5.74) is 0.562. The first-order valence-corrected chi connectivity index (χ1v) is 7.40. The molecule has 0 aromatic carbocycles. The van der Waals surface area contributed by atoms with Gasteiger partial charge < -0.3 is 14.5 Å². The second kappa shape index (κ2) is 5.93. The number of nitrogens with zero attached hydrogens (tertiary/aromatic N) is 3. The summed E-state index contributed by atoms with van der Waals surface area (Å²) in [5, 5.41) is 6.59. The maximum atomic E-state index is 12.3. The lowest BCUT2D eigenvalue weighted by atomic mass is 9.93. The Bertz CT molecular complexity index is 448. The molecule has 1 aromatic rings. The van der Waals surface area contributed by atoms with Crippen LogP contribution in [-0.2, 0) is 4.74 Å². The highest BCUT2D eigenvalue weighted by molar-refractivity contribution is 5.92. The third-order valence-corrected chi connectivity index (χ3v) is 4.39. The van der Waals surface area contributed by atoms with Crippen LogP contribution in [0.4, 0.5) is 0 Å². The molecule has 1 N–H and O–H groups in total. The van der Waals surface area contributed by atoms with Gasteiger partial charge >= 0.3 is 0 Å². The Hall–Kier alpha value is -1.40. The minimum absolute atomic E-state index is 0.0288. The minimum Gasteiger partial charge on any atom is -0.375 e. The Labute approximate surface area is 119 Å². The van der Waals surface area contributed by atoms with Gasteiger partial charge in [-0.1, -0.05) is 6.92 Å². The maximum absolute atomic E-state index is 12.3. The summed E-state index contributed by atoms with van der Waals surface area (Å²) < 4.78 is 5.98. The molecule has 0 radical (unpaired) electrons. The Morgan fingerprint density at radius 2 is 2.40 bits per heavy atom. The van der Waals surface area contributed by atoms with E-state index in [1.807, 2.05) is 4.90 Å². The molecule has 2 saturated heterocycles. The number of nitrogens with one attached hydrogen (secondary N) is 1. The van der Waals surface area contributed by atoms with Crippen molar-refractivity contribution in [3.05, 3.63) is 18.0 Å². The van der Waals surface area contributed by atoms with E-state index < -0.39 is 0 Å². The molecular formula is C14H22N4O2. The van der Waals surface area contributed by atoms with Crippen LogP contribution in [0.3, 0.4) is 0 Å². The van der Waals surface area contributed by atoms with Crippen molar-refractivity contribution in [3.8, 4) is 0 Å². The van der Waals surface area contributed by atoms with Crippen LogP contribution in [0.25, 0.3) is 0 Å². The second-order valence-electron chi connectivity index (χ2n) is 5.57. The highest BCUT2D eigenvalue weighted by Gasteiger charge is 2.35. The number of fused-ring (bicyclic) bond motifs is 1. The van der Waals surface area contributed by atoms with Gasteiger partial charge in [0.2, 0.25) is 0 Å². The number of hydrogen-bond acceptors (Lipinski definition) is 4. The van der Waals surface area contributed by atoms with Gasteiger partial charge in [-0.3, -0.25) is 9.89 Å². The van der Waals surface area contributed by atoms with E-state index in [1.54, 1.807) is 12.3 Å². The first kappa shape index (κ1) is 13.6. The smallest absolute Gasteiger partial charge is 0.271 e. The molecule has 0 bridgehead atoms. The van der Waals surface area contributed by atoms with Gasteiger partial charge in [-0.2, -0.15) is 5.10 Å². The predicted octanol–water partition coefficient (Wildman–Crippen LogP) is 0.592. The molecule has 20 heavy (non-hydrogen) atoms. The lowest BCUT2D eigenvalue weighted by molar-refractivity contribution is -0.0172. The molecule has 6 nitrogen and oxygen atoms in total. The summed E-state index contributed by atoms with van der Waals surface area (Å²) in [5.74, 6) is 0.574. The van der Waals surface area contributed by atoms with Gasteiger partial charge in [-0.25, -0.2) is 0 Å². The highest BCUT2D eigenvalue weighted by atomic mass is 16.5. The Morgan fingerprint density at radius 3 is 3.15 bits per heavy atom. The lowest BCUT2D eigenvalue weighted by Crippen LogP contribution is -2.49. The number of aromatic nitrogens is 2. The number of aromatic amines is 1. The quantitative estimate of drug-likeness (QED) is 0.860. The normalized spacial score (nSPS) is 27.9. The van der Waals surface area contributed by atoms with E-state index in [4.69, 9.17) is 4.74 Å². The first-order valence-electron chi connectivity index (χ1n) is 7.40. The molecule has 6 heteroatoms. The number of ether oxygens (including phenoxy) is 1. The fourth-order valence-electron chi connectivity index (χ4n) is 3.14. The molecule has 2 aliphatic rings. The second-order valence-corrected chi connectivity index (χ2v) is 5.57. The van der Waals surface area contributed by atoms with Crippen LogP contribution in [0.1, 0.15) is 23.8 Å². The summed E-state index contributed by atoms with van der Waals surface area (Å²) >= 11 is 0. The van der Waals surface area contributed by atoms with E-state index in [-0.39, 0.29) is 12.0 Å². The molecule has 1 aromatic heterocycles. The van der Waals surface area contributed by atoms with E-state index in [0.717, 1.165) is 39.2 Å². The zero-order valence-corrected chi connectivity index (χ0v) is 11.9. The third kappa shape index (κ3) is 2.71. The fraction of sp³-hybridized carbons (Fsp3) is 0.714. The number of hydrogen-bond donors (Lipinski definition) is 1. The number of likely N-dealkylation sites (tertiary alicyclic amines) is 1. The van der Waals surface area contributed by atoms with Crippen LogP contribution in [0.5, 0.6) is 0 Å². The minimum atomic E-state index is 0.0288. The van der Waals surface area contributed by atoms with Gasteiger partial charge in [0.15, 0.2) is 0 Å². The fourth-order valence-corrected chi connectivity index (χ4v) is 3.14. The number of rotatable bonds is 2. The van der Waals surface area contributed by atoms with Crippen LogP contribution in [-0.4, -0.2) is 71.3 Å². The van der Waals surface area contributed by atoms with Crippen molar-refractivity contribution in [3.63, 3.8) is 0 Å². The summed E-state index contributed by atoms with van der Waals surface area (Å²) in [6.45, 7) is 7.62. The summed E-state index contributed by atoms with van der Waals surface area (Å²) in [7, 11) is 0. The predicted molar refractivity (Wildman–Crippen MR) is 74.5 cm³/mol. The summed E-state index contributed by atoms with van der Waals surface area (Å²) in [6, 6.07) is 1.72. The summed E-state index contributed by atoms with van der Waals surface area (Å²) in [4.78, 5) is 16.7. The van der Waals surface area contributed by atoms with Gasteiger partial charge in [0, 0.05) is 38.3 Å². The van der Waals surface area contributed by atoms with Gasteiger partial charge in [0.25, 0.3) is 5.91 Å². The molecule has 2 unspecified atom stereocenters. The average Bonchev–Trinajstić information content (AvgIpc) is 2.92. The largest absolute Gasteiger partial charge is 0.375 e. The van der Waals surface area contributed by atoms with Crippen molar-refractivity contribution in [1.82, 2.24) is 20.0 Å². The monoisotopic (exact) mass is 278 g/mol. The third-order valence-electron chi connectivity index (χ3n) is 4.39. The zero-order valence-electron chi connectivity index (χ0n) is 11.9. The van der Waals surface area contributed by atoms with Crippen molar-refractivity contribution in [2.75, 3.05) is 39.3 Å². The van der Waals surface area contributed by atoms with Crippen LogP contribution in [0.15, 0.2) is 12.3 Å². The molecule has 1 amide bonds. The molecule has 2 atom stereocenters. The van der Waals surface area contributed by atoms with Gasteiger partial charge in [-0.15, -0.1) is 0 Å². The molecule has 2 aliphatic heterocycles. The van der Waals surface area contributed by atoms with Crippen LogP contribution >= 0.6 is 0 Å². The zero-order chi connectivity index (χ0) is 13.9. The van der Waals surface area contributed by atoms with Crippen LogP contribution in [0, 0.1) is 5.92 Å². The van der Waals surface area contributed by atoms with E-state index in [2.05, 4.69) is 22.0 Å². The van der Waals surface area contributed by atoms with Crippen molar-refractivity contribution in [2.45, 2.75) is 19.4 Å². The number of piperidine rings is 1. The molecule has 0 spiro atoms. The number of H-pyrrole nitrogens is 1. The Kier molecular flexibility index (Phi) is 4.03. The first-order chi connectivity index (χ1) is 9.78. The van der Waals surface area contributed by atoms with E-state index in [1.165, 1.54) is 0 Å². The molecule has 110 valence electrons. The van der Waals surface area contributed by atoms with E-state index >= 15 is 0 Å². The van der Waals surface area contributed by atoms with Crippen molar-refractivity contribution < 1.29 is 9.53 Å². The topological polar surface area (TPSA) is 61.5 Å². The molecule has 0 saturated carbocycles. The lowest BCUT2D eigenvalue weighted by Gasteiger charge is -2.37. The summed E-state index contributed by atoms with van der Waals surface area (Å²) in [6.07, 6.45) is 2.80. The van der Waals surface area contributed by atoms with Gasteiger partial charge in [0.1, 0.15) is 5.69 Å². The number of carbonyl (C=O) groups excluding carboxylic acids is 1. The van der Waals surface area contributed by atoms with Crippen molar-refractivity contribution in [2.24, 2.45) is 5.92 Å². The van der Waals surface area contributed by atoms with Crippen LogP contribution in [0.2, 0.25) is 0 Å². The van der Waals surface area contributed by atoms with Crippen molar-refractivity contribution in [1.29, 1.82) is 0 Å². The van der Waals surface area contributed by atoms with Gasteiger partial charge in [0.05, 0.1) is 12.7 Å². The number of amides is 1. The van der Waals surface area contributed by atoms with Gasteiger partial charge in [-0.05, 0) is 19.0 Å². The molecular weight excluding hydrogens is 256 g/mol. The molecule has 0 aliphatic carbocycles. The molecule has 2 fully saturated rings. The standard InChI is InChI=1S/C14H22N4O2/c1-2-17-7-8-20-13-10-18(6-4-11(13)9-17)14(19)12-3-5-15-16-12/h3,5,11,13H,2,4,6-10H2,1H3,(H,15,16). The molecule has 3 rings (SSSR count). The maximum Gasteiger partial charge on any atom is 0.271 e. The Balaban J connectivity index is 1.65. The average molecular weight is 278 g/mol. The Morgan fingerprint density at radius 1 is 1.50 bits per heavy atom. The van der Waals surface area contributed by atoms with E-state index in [0.29, 0.717) is 18.2 Å². The number of likely N-dealkylation sites (N-methyl/N-ethyl adjacent to an activating group) is 1.